The molecule has 0 aliphatic heterocycles. The molecule has 0 rings (SSSR count). The molecule has 0 aromatic heterocycles. The topological polar surface area (TPSA) is 3.24 Å². The largest absolute Gasteiger partial charge is 0.297 e. The smallest absolute Gasteiger partial charge is 0.0123 e. The summed E-state index contributed by atoms with van der Waals surface area (Å²) in [5.41, 5.74) is 0.374. The van der Waals surface area contributed by atoms with Crippen molar-refractivity contribution in [1.29, 1.82) is 0 Å². The van der Waals surface area contributed by atoms with Crippen LogP contribution in [0.4, 0.5) is 0 Å². The van der Waals surface area contributed by atoms with Crippen LogP contribution in [0.2, 0.25) is 0 Å². The maximum absolute atomic E-state index is 2.66. The van der Waals surface area contributed by atoms with Gasteiger partial charge in [-0.25, -0.2) is 0 Å². The molecule has 0 heterocycles. The first-order valence-electron chi connectivity index (χ1n) is 6.86. The summed E-state index contributed by atoms with van der Waals surface area (Å²) < 4.78 is 0. The van der Waals surface area contributed by atoms with Crippen molar-refractivity contribution in [2.24, 2.45) is 17.3 Å². The lowest BCUT2D eigenvalue weighted by Gasteiger charge is -2.45. The second-order valence-corrected chi connectivity index (χ2v) is 6.84. The highest BCUT2D eigenvalue weighted by atomic mass is 15.2. The van der Waals surface area contributed by atoms with Gasteiger partial charge in [-0.2, -0.15) is 0 Å². The molecule has 0 aromatic rings. The molecule has 1 atom stereocenters. The molecule has 0 spiro atoms. The lowest BCUT2D eigenvalue weighted by molar-refractivity contribution is 0.0344. The minimum absolute atomic E-state index is 0.374. The van der Waals surface area contributed by atoms with Gasteiger partial charge >= 0.3 is 0 Å². The molecule has 0 aliphatic rings. The van der Waals surface area contributed by atoms with Gasteiger partial charge in [0.1, 0.15) is 0 Å². The van der Waals surface area contributed by atoms with Gasteiger partial charge in [0.2, 0.25) is 0 Å². The molecule has 0 aliphatic carbocycles. The molecule has 0 bridgehead atoms. The molecular formula is C15H33N. The summed E-state index contributed by atoms with van der Waals surface area (Å²) in [4.78, 5) is 2.66. The summed E-state index contributed by atoms with van der Waals surface area (Å²) in [6, 6.07) is 1.27. The Morgan fingerprint density at radius 1 is 0.875 bits per heavy atom. The average molecular weight is 227 g/mol. The lowest BCUT2D eigenvalue weighted by atomic mass is 9.74. The summed E-state index contributed by atoms with van der Waals surface area (Å²) in [7, 11) is 0. The highest BCUT2D eigenvalue weighted by Gasteiger charge is 2.34. The minimum Gasteiger partial charge on any atom is -0.297 e. The second-order valence-electron chi connectivity index (χ2n) is 6.84. The van der Waals surface area contributed by atoms with Crippen molar-refractivity contribution in [2.75, 3.05) is 6.54 Å². The van der Waals surface area contributed by atoms with Crippen LogP contribution in [-0.2, 0) is 0 Å². The number of rotatable bonds is 6. The number of hydrogen-bond donors (Lipinski definition) is 0. The van der Waals surface area contributed by atoms with Crippen molar-refractivity contribution in [3.8, 4) is 0 Å². The van der Waals surface area contributed by atoms with Gasteiger partial charge in [0.15, 0.2) is 0 Å². The second kappa shape index (κ2) is 6.05. The van der Waals surface area contributed by atoms with E-state index in [0.29, 0.717) is 17.5 Å². The molecule has 0 fully saturated rings. The normalized spacial score (nSPS) is 15.6. The van der Waals surface area contributed by atoms with E-state index in [1.54, 1.807) is 0 Å². The lowest BCUT2D eigenvalue weighted by Crippen LogP contribution is -2.50. The van der Waals surface area contributed by atoms with Crippen molar-refractivity contribution in [1.82, 2.24) is 4.90 Å². The molecule has 0 aromatic carbocycles. The van der Waals surface area contributed by atoms with Gasteiger partial charge in [-0.1, -0.05) is 41.5 Å². The fraction of sp³-hybridized carbons (Fsp3) is 1.00. The van der Waals surface area contributed by atoms with E-state index in [-0.39, 0.29) is 0 Å². The highest BCUT2D eigenvalue weighted by molar-refractivity contribution is 4.87. The Bertz CT molecular complexity index is 192. The van der Waals surface area contributed by atoms with E-state index in [1.165, 1.54) is 6.54 Å². The van der Waals surface area contributed by atoms with Gasteiger partial charge in [0, 0.05) is 18.6 Å². The zero-order valence-corrected chi connectivity index (χ0v) is 13.0. The molecule has 1 nitrogen and oxygen atoms in total. The fourth-order valence-electron chi connectivity index (χ4n) is 2.15. The Morgan fingerprint density at radius 2 is 1.31 bits per heavy atom. The van der Waals surface area contributed by atoms with Crippen LogP contribution in [0.3, 0.4) is 0 Å². The van der Waals surface area contributed by atoms with E-state index in [0.717, 1.165) is 11.8 Å². The molecule has 1 heteroatoms. The van der Waals surface area contributed by atoms with E-state index < -0.39 is 0 Å². The van der Waals surface area contributed by atoms with E-state index in [4.69, 9.17) is 0 Å². The Hall–Kier alpha value is -0.0400. The van der Waals surface area contributed by atoms with Crippen molar-refractivity contribution in [2.45, 2.75) is 74.4 Å². The maximum Gasteiger partial charge on any atom is 0.0123 e. The van der Waals surface area contributed by atoms with Crippen molar-refractivity contribution in [3.63, 3.8) is 0 Å². The van der Waals surface area contributed by atoms with Gasteiger partial charge < -0.3 is 0 Å². The Balaban J connectivity index is 4.80. The van der Waals surface area contributed by atoms with Crippen LogP contribution >= 0.6 is 0 Å². The van der Waals surface area contributed by atoms with Crippen molar-refractivity contribution in [3.05, 3.63) is 0 Å². The summed E-state index contributed by atoms with van der Waals surface area (Å²) in [6.07, 6.45) is 0. The van der Waals surface area contributed by atoms with Crippen LogP contribution in [0.15, 0.2) is 0 Å². The van der Waals surface area contributed by atoms with Gasteiger partial charge in [0.25, 0.3) is 0 Å². The third-order valence-electron chi connectivity index (χ3n) is 4.30. The van der Waals surface area contributed by atoms with E-state index in [1.807, 2.05) is 0 Å². The predicted molar refractivity (Wildman–Crippen MR) is 74.8 cm³/mol. The van der Waals surface area contributed by atoms with Gasteiger partial charge in [-0.15, -0.1) is 0 Å². The van der Waals surface area contributed by atoms with Gasteiger partial charge in [0.05, 0.1) is 0 Å². The molecule has 0 saturated carbocycles. The molecular weight excluding hydrogens is 194 g/mol. The first-order chi connectivity index (χ1) is 7.10. The molecule has 0 radical (unpaired) electrons. The number of nitrogens with zero attached hydrogens (tertiary/aromatic N) is 1. The van der Waals surface area contributed by atoms with Crippen LogP contribution < -0.4 is 0 Å². The summed E-state index contributed by atoms with van der Waals surface area (Å²) in [5.74, 6) is 1.46. The summed E-state index contributed by atoms with van der Waals surface area (Å²) in [6.45, 7) is 22.3. The zero-order chi connectivity index (χ0) is 13.1. The van der Waals surface area contributed by atoms with Crippen LogP contribution in [0.5, 0.6) is 0 Å². The predicted octanol–water partition coefficient (Wildman–Crippen LogP) is 4.42. The Morgan fingerprint density at radius 3 is 1.56 bits per heavy atom. The third kappa shape index (κ3) is 4.08. The van der Waals surface area contributed by atoms with Crippen molar-refractivity contribution < 1.29 is 0 Å². The van der Waals surface area contributed by atoms with Crippen LogP contribution in [-0.4, -0.2) is 23.5 Å². The van der Waals surface area contributed by atoms with Crippen LogP contribution in [0, 0.1) is 17.3 Å². The SMILES string of the molecule is CC(C)CN(C(C)C)C(C)C(C)(C)C(C)C. The molecule has 0 saturated heterocycles. The third-order valence-corrected chi connectivity index (χ3v) is 4.30. The Kier molecular flexibility index (Phi) is 6.03. The molecule has 98 valence electrons. The first kappa shape index (κ1) is 16.0. The highest BCUT2D eigenvalue weighted by Crippen LogP contribution is 2.34. The van der Waals surface area contributed by atoms with Crippen LogP contribution in [0.25, 0.3) is 0 Å². The fourth-order valence-corrected chi connectivity index (χ4v) is 2.15. The molecule has 0 N–H and O–H groups in total. The monoisotopic (exact) mass is 227 g/mol. The van der Waals surface area contributed by atoms with E-state index >= 15 is 0 Å². The van der Waals surface area contributed by atoms with E-state index in [2.05, 4.69) is 67.2 Å². The van der Waals surface area contributed by atoms with E-state index in [9.17, 15) is 0 Å². The molecule has 16 heavy (non-hydrogen) atoms. The van der Waals surface area contributed by atoms with Crippen molar-refractivity contribution >= 4 is 0 Å². The quantitative estimate of drug-likeness (QED) is 0.649. The average Bonchev–Trinajstić information content (AvgIpc) is 2.11. The minimum atomic E-state index is 0.374. The summed E-state index contributed by atoms with van der Waals surface area (Å²) in [5, 5.41) is 0. The number of hydrogen-bond acceptors (Lipinski definition) is 1. The Labute approximate surface area is 104 Å². The molecule has 1 unspecified atom stereocenters. The zero-order valence-electron chi connectivity index (χ0n) is 13.0. The maximum atomic E-state index is 2.66. The van der Waals surface area contributed by atoms with Crippen LogP contribution in [0.1, 0.15) is 62.3 Å². The standard InChI is InChI=1S/C15H33N/c1-11(2)10-16(13(5)6)14(7)15(8,9)12(3)4/h11-14H,10H2,1-9H3. The van der Waals surface area contributed by atoms with Gasteiger partial charge in [-0.3, -0.25) is 4.90 Å². The van der Waals surface area contributed by atoms with Gasteiger partial charge in [-0.05, 0) is 38.0 Å². The first-order valence-corrected chi connectivity index (χ1v) is 6.86. The summed E-state index contributed by atoms with van der Waals surface area (Å²) >= 11 is 0. The molecule has 0 amide bonds.